The number of anilines is 1. The molecule has 0 radical (unpaired) electrons. The summed E-state index contributed by atoms with van der Waals surface area (Å²) in [5.41, 5.74) is 1.50. The van der Waals surface area contributed by atoms with Crippen molar-refractivity contribution in [1.29, 1.82) is 0 Å². The molecule has 0 saturated carbocycles. The fourth-order valence-electron chi connectivity index (χ4n) is 1.73. The topological polar surface area (TPSA) is 12.0 Å². The Hall–Kier alpha value is -1.42. The summed E-state index contributed by atoms with van der Waals surface area (Å²) >= 11 is 1.63. The van der Waals surface area contributed by atoms with E-state index in [-0.39, 0.29) is 6.04 Å². The van der Waals surface area contributed by atoms with Crippen molar-refractivity contribution in [3.05, 3.63) is 51.7 Å². The Kier molecular flexibility index (Phi) is 3.43. The highest BCUT2D eigenvalue weighted by atomic mass is 32.1. The maximum atomic E-state index is 13.5. The van der Waals surface area contributed by atoms with Crippen molar-refractivity contribution < 1.29 is 8.78 Å². The SMILES string of the molecule is Cc1ccsc1C(C)Nc1ccc(F)cc1F. The summed E-state index contributed by atoms with van der Waals surface area (Å²) in [6, 6.07) is 5.59. The molecule has 1 aromatic heterocycles. The Morgan fingerprint density at radius 1 is 1.24 bits per heavy atom. The molecule has 1 N–H and O–H groups in total. The maximum absolute atomic E-state index is 13.5. The number of halogens is 2. The molecule has 0 fully saturated rings. The number of nitrogens with one attached hydrogen (secondary N) is 1. The van der Waals surface area contributed by atoms with Crippen molar-refractivity contribution in [1.82, 2.24) is 0 Å². The van der Waals surface area contributed by atoms with E-state index in [1.807, 2.05) is 25.3 Å². The van der Waals surface area contributed by atoms with Crippen molar-refractivity contribution >= 4 is 17.0 Å². The zero-order valence-corrected chi connectivity index (χ0v) is 10.4. The van der Waals surface area contributed by atoms with E-state index in [2.05, 4.69) is 5.32 Å². The minimum Gasteiger partial charge on any atom is -0.375 e. The van der Waals surface area contributed by atoms with Gasteiger partial charge in [-0.25, -0.2) is 8.78 Å². The molecule has 2 rings (SSSR count). The summed E-state index contributed by atoms with van der Waals surface area (Å²) in [4.78, 5) is 1.16. The van der Waals surface area contributed by atoms with Gasteiger partial charge in [0.05, 0.1) is 11.7 Å². The summed E-state index contributed by atoms with van der Waals surface area (Å²) in [5.74, 6) is -1.13. The van der Waals surface area contributed by atoms with E-state index < -0.39 is 11.6 Å². The van der Waals surface area contributed by atoms with Crippen LogP contribution < -0.4 is 5.32 Å². The lowest BCUT2D eigenvalue weighted by Gasteiger charge is -2.15. The van der Waals surface area contributed by atoms with Crippen LogP contribution in [0.3, 0.4) is 0 Å². The molecule has 0 bridgehead atoms. The van der Waals surface area contributed by atoms with Crippen LogP contribution in [-0.2, 0) is 0 Å². The van der Waals surface area contributed by atoms with E-state index in [0.29, 0.717) is 5.69 Å². The predicted molar refractivity (Wildman–Crippen MR) is 67.5 cm³/mol. The van der Waals surface area contributed by atoms with Gasteiger partial charge in [0.1, 0.15) is 11.6 Å². The minimum absolute atomic E-state index is 0.00922. The molecule has 1 nitrogen and oxygen atoms in total. The normalized spacial score (nSPS) is 12.5. The minimum atomic E-state index is -0.564. The summed E-state index contributed by atoms with van der Waals surface area (Å²) < 4.78 is 26.2. The molecule has 90 valence electrons. The van der Waals surface area contributed by atoms with Crippen molar-refractivity contribution in [2.75, 3.05) is 5.32 Å². The third kappa shape index (κ3) is 2.64. The van der Waals surface area contributed by atoms with Gasteiger partial charge >= 0.3 is 0 Å². The summed E-state index contributed by atoms with van der Waals surface area (Å²) in [7, 11) is 0. The first-order valence-electron chi connectivity index (χ1n) is 5.33. The fourth-order valence-corrected chi connectivity index (χ4v) is 2.67. The van der Waals surface area contributed by atoms with Crippen LogP contribution >= 0.6 is 11.3 Å². The van der Waals surface area contributed by atoms with Gasteiger partial charge in [0.15, 0.2) is 0 Å². The first-order chi connectivity index (χ1) is 8.08. The monoisotopic (exact) mass is 253 g/mol. The molecular formula is C13H13F2NS. The molecule has 1 unspecified atom stereocenters. The largest absolute Gasteiger partial charge is 0.375 e. The summed E-state index contributed by atoms with van der Waals surface area (Å²) in [6.07, 6.45) is 0. The molecule has 0 aliphatic heterocycles. The molecule has 0 saturated heterocycles. The quantitative estimate of drug-likeness (QED) is 0.848. The number of aryl methyl sites for hydroxylation is 1. The average Bonchev–Trinajstić information content (AvgIpc) is 2.68. The first-order valence-corrected chi connectivity index (χ1v) is 6.21. The van der Waals surface area contributed by atoms with Crippen LogP contribution in [0.25, 0.3) is 0 Å². The van der Waals surface area contributed by atoms with Gasteiger partial charge in [0, 0.05) is 10.9 Å². The van der Waals surface area contributed by atoms with Gasteiger partial charge in [-0.3, -0.25) is 0 Å². The molecule has 2 aromatic rings. The second kappa shape index (κ2) is 4.84. The van der Waals surface area contributed by atoms with E-state index in [0.717, 1.165) is 10.9 Å². The molecule has 0 amide bonds. The van der Waals surface area contributed by atoms with Crippen LogP contribution in [0.5, 0.6) is 0 Å². The molecular weight excluding hydrogens is 240 g/mol. The zero-order valence-electron chi connectivity index (χ0n) is 9.63. The van der Waals surface area contributed by atoms with Crippen LogP contribution in [-0.4, -0.2) is 0 Å². The molecule has 17 heavy (non-hydrogen) atoms. The van der Waals surface area contributed by atoms with E-state index >= 15 is 0 Å². The molecule has 4 heteroatoms. The van der Waals surface area contributed by atoms with Crippen LogP contribution in [0.1, 0.15) is 23.4 Å². The van der Waals surface area contributed by atoms with Crippen LogP contribution in [0, 0.1) is 18.6 Å². The maximum Gasteiger partial charge on any atom is 0.149 e. The lowest BCUT2D eigenvalue weighted by Crippen LogP contribution is -2.07. The summed E-state index contributed by atoms with van der Waals surface area (Å²) in [5, 5.41) is 5.05. The molecule has 0 spiro atoms. The van der Waals surface area contributed by atoms with Crippen LogP contribution in [0.4, 0.5) is 14.5 Å². The molecule has 1 aromatic carbocycles. The van der Waals surface area contributed by atoms with Gasteiger partial charge in [0.25, 0.3) is 0 Å². The smallest absolute Gasteiger partial charge is 0.149 e. The lowest BCUT2D eigenvalue weighted by molar-refractivity contribution is 0.584. The predicted octanol–water partition coefficient (Wildman–Crippen LogP) is 4.51. The van der Waals surface area contributed by atoms with Gasteiger partial charge in [-0.1, -0.05) is 0 Å². The standard InChI is InChI=1S/C13H13F2NS/c1-8-5-6-17-13(8)9(2)16-12-4-3-10(14)7-11(12)15/h3-7,9,16H,1-2H3. The molecule has 1 heterocycles. The Morgan fingerprint density at radius 3 is 2.59 bits per heavy atom. The second-order valence-corrected chi connectivity index (χ2v) is 4.91. The van der Waals surface area contributed by atoms with Crippen molar-refractivity contribution in [2.45, 2.75) is 19.9 Å². The number of rotatable bonds is 3. The summed E-state index contributed by atoms with van der Waals surface area (Å²) in [6.45, 7) is 3.98. The Balaban J connectivity index is 2.19. The van der Waals surface area contributed by atoms with Crippen molar-refractivity contribution in [2.24, 2.45) is 0 Å². The second-order valence-electron chi connectivity index (χ2n) is 3.96. The highest BCUT2D eigenvalue weighted by molar-refractivity contribution is 7.10. The van der Waals surface area contributed by atoms with Crippen molar-refractivity contribution in [3.63, 3.8) is 0 Å². The molecule has 1 atom stereocenters. The van der Waals surface area contributed by atoms with E-state index in [1.165, 1.54) is 17.7 Å². The van der Waals surface area contributed by atoms with Crippen LogP contribution in [0.15, 0.2) is 29.6 Å². The number of hydrogen-bond acceptors (Lipinski definition) is 2. The number of thiophene rings is 1. The lowest BCUT2D eigenvalue weighted by atomic mass is 10.2. The Morgan fingerprint density at radius 2 is 2.00 bits per heavy atom. The van der Waals surface area contributed by atoms with Gasteiger partial charge in [0.2, 0.25) is 0 Å². The van der Waals surface area contributed by atoms with Crippen LogP contribution in [0.2, 0.25) is 0 Å². The van der Waals surface area contributed by atoms with Gasteiger partial charge < -0.3 is 5.32 Å². The Bertz CT molecular complexity index is 522. The fraction of sp³-hybridized carbons (Fsp3) is 0.231. The highest BCUT2D eigenvalue weighted by Crippen LogP contribution is 2.27. The van der Waals surface area contributed by atoms with Gasteiger partial charge in [-0.15, -0.1) is 11.3 Å². The van der Waals surface area contributed by atoms with E-state index in [9.17, 15) is 8.78 Å². The molecule has 0 aliphatic rings. The Labute approximate surface area is 103 Å². The van der Waals surface area contributed by atoms with Gasteiger partial charge in [-0.2, -0.15) is 0 Å². The van der Waals surface area contributed by atoms with Crippen molar-refractivity contribution in [3.8, 4) is 0 Å². The highest BCUT2D eigenvalue weighted by Gasteiger charge is 2.12. The van der Waals surface area contributed by atoms with E-state index in [4.69, 9.17) is 0 Å². The van der Waals surface area contributed by atoms with Gasteiger partial charge in [-0.05, 0) is 43.0 Å². The zero-order chi connectivity index (χ0) is 12.4. The third-order valence-electron chi connectivity index (χ3n) is 2.60. The third-order valence-corrected chi connectivity index (χ3v) is 3.80. The molecule has 0 aliphatic carbocycles. The number of benzene rings is 1. The van der Waals surface area contributed by atoms with E-state index in [1.54, 1.807) is 11.3 Å². The number of hydrogen-bond donors (Lipinski definition) is 1. The first kappa shape index (κ1) is 12.0. The average molecular weight is 253 g/mol.